The van der Waals surface area contributed by atoms with Gasteiger partial charge in [-0.15, -0.1) is 0 Å². The fraction of sp³-hybridized carbons (Fsp3) is 0.438. The van der Waals surface area contributed by atoms with Crippen LogP contribution in [0, 0.1) is 0 Å². The van der Waals surface area contributed by atoms with E-state index in [1.165, 1.54) is 6.07 Å². The molecule has 2 atom stereocenters. The Labute approximate surface area is 126 Å². The van der Waals surface area contributed by atoms with E-state index in [-0.39, 0.29) is 12.0 Å². The lowest BCUT2D eigenvalue weighted by Gasteiger charge is -2.29. The van der Waals surface area contributed by atoms with E-state index in [2.05, 4.69) is 10.5 Å². The molecule has 0 unspecified atom stereocenters. The zero-order valence-corrected chi connectivity index (χ0v) is 11.9. The third-order valence-corrected chi connectivity index (χ3v) is 4.14. The van der Waals surface area contributed by atoms with Crippen molar-refractivity contribution in [3.05, 3.63) is 53.4 Å². The Balaban J connectivity index is 1.74. The average molecular weight is 310 g/mol. The number of halogens is 3. The highest BCUT2D eigenvalue weighted by Crippen LogP contribution is 2.34. The number of nitrogens with one attached hydrogen (secondary N) is 1. The van der Waals surface area contributed by atoms with Gasteiger partial charge in [-0.2, -0.15) is 13.2 Å². The minimum atomic E-state index is -4.31. The standard InChI is InChI=1S/C16H17F3N2O/c17-16(18,19)14-4-2-1-3-11(14)9-13-10-12(5-7-20-13)15-6-8-21-22-15/h1-4,6,8,12-13,20H,5,7,9-10H2/t12-,13+/m1/s1. The smallest absolute Gasteiger partial charge is 0.361 e. The van der Waals surface area contributed by atoms with Crippen LogP contribution >= 0.6 is 0 Å². The number of piperidine rings is 1. The second kappa shape index (κ2) is 6.12. The maximum atomic E-state index is 13.1. The number of alkyl halides is 3. The normalized spacial score (nSPS) is 22.7. The van der Waals surface area contributed by atoms with E-state index in [4.69, 9.17) is 4.52 Å². The molecule has 1 N–H and O–H groups in total. The molecule has 3 rings (SSSR count). The highest BCUT2D eigenvalue weighted by Gasteiger charge is 2.34. The van der Waals surface area contributed by atoms with Gasteiger partial charge in [0.25, 0.3) is 0 Å². The van der Waals surface area contributed by atoms with Crippen molar-refractivity contribution < 1.29 is 17.7 Å². The quantitative estimate of drug-likeness (QED) is 0.938. The molecule has 0 bridgehead atoms. The summed E-state index contributed by atoms with van der Waals surface area (Å²) in [5, 5.41) is 7.02. The Bertz CT molecular complexity index is 610. The summed E-state index contributed by atoms with van der Waals surface area (Å²) in [6, 6.07) is 7.62. The average Bonchev–Trinajstić information content (AvgIpc) is 3.01. The number of rotatable bonds is 3. The molecular weight excluding hydrogens is 293 g/mol. The topological polar surface area (TPSA) is 38.1 Å². The lowest BCUT2D eigenvalue weighted by Crippen LogP contribution is -2.39. The number of benzene rings is 1. The summed E-state index contributed by atoms with van der Waals surface area (Å²) < 4.78 is 44.4. The third kappa shape index (κ3) is 3.32. The van der Waals surface area contributed by atoms with Crippen molar-refractivity contribution in [2.24, 2.45) is 0 Å². The molecule has 0 amide bonds. The Hall–Kier alpha value is -1.82. The van der Waals surface area contributed by atoms with Crippen LogP contribution in [0.1, 0.15) is 35.6 Å². The molecule has 1 aliphatic rings. The minimum absolute atomic E-state index is 0.00681. The molecule has 1 aliphatic heterocycles. The van der Waals surface area contributed by atoms with E-state index in [1.807, 2.05) is 6.07 Å². The van der Waals surface area contributed by atoms with Crippen LogP contribution in [0.3, 0.4) is 0 Å². The van der Waals surface area contributed by atoms with Crippen molar-refractivity contribution >= 4 is 0 Å². The molecule has 1 aromatic carbocycles. The fourth-order valence-corrected chi connectivity index (χ4v) is 3.10. The molecule has 2 heterocycles. The molecule has 6 heteroatoms. The van der Waals surface area contributed by atoms with Crippen LogP contribution < -0.4 is 5.32 Å². The summed E-state index contributed by atoms with van der Waals surface area (Å²) in [6.45, 7) is 0.768. The fourth-order valence-electron chi connectivity index (χ4n) is 3.10. The van der Waals surface area contributed by atoms with E-state index < -0.39 is 11.7 Å². The first-order valence-electron chi connectivity index (χ1n) is 7.33. The predicted octanol–water partition coefficient (Wildman–Crippen LogP) is 3.77. The summed E-state index contributed by atoms with van der Waals surface area (Å²) in [5.41, 5.74) is -0.204. The summed E-state index contributed by atoms with van der Waals surface area (Å²) in [4.78, 5) is 0. The largest absolute Gasteiger partial charge is 0.416 e. The first-order chi connectivity index (χ1) is 10.5. The van der Waals surface area contributed by atoms with Crippen molar-refractivity contribution in [2.45, 2.75) is 37.4 Å². The molecule has 1 saturated heterocycles. The first kappa shape index (κ1) is 15.1. The van der Waals surface area contributed by atoms with Crippen molar-refractivity contribution in [2.75, 3.05) is 6.54 Å². The number of aromatic nitrogens is 1. The summed E-state index contributed by atoms with van der Waals surface area (Å²) in [5.74, 6) is 1.03. The molecule has 1 fully saturated rings. The highest BCUT2D eigenvalue weighted by atomic mass is 19.4. The second-order valence-corrected chi connectivity index (χ2v) is 5.65. The molecule has 0 radical (unpaired) electrons. The van der Waals surface area contributed by atoms with E-state index in [0.717, 1.165) is 31.2 Å². The minimum Gasteiger partial charge on any atom is -0.361 e. The van der Waals surface area contributed by atoms with Gasteiger partial charge in [0.15, 0.2) is 0 Å². The van der Waals surface area contributed by atoms with Gasteiger partial charge in [-0.05, 0) is 37.4 Å². The van der Waals surface area contributed by atoms with Crippen LogP contribution in [-0.2, 0) is 12.6 Å². The van der Waals surface area contributed by atoms with Crippen molar-refractivity contribution in [1.29, 1.82) is 0 Å². The summed E-state index contributed by atoms with van der Waals surface area (Å²) in [7, 11) is 0. The zero-order valence-electron chi connectivity index (χ0n) is 11.9. The van der Waals surface area contributed by atoms with Crippen LogP contribution in [0.2, 0.25) is 0 Å². The summed E-state index contributed by atoms with van der Waals surface area (Å²) >= 11 is 0. The molecule has 1 aromatic heterocycles. The second-order valence-electron chi connectivity index (χ2n) is 5.65. The molecule has 118 valence electrons. The predicted molar refractivity (Wildman–Crippen MR) is 75.4 cm³/mol. The van der Waals surface area contributed by atoms with E-state index >= 15 is 0 Å². The lowest BCUT2D eigenvalue weighted by atomic mass is 9.87. The molecule has 22 heavy (non-hydrogen) atoms. The van der Waals surface area contributed by atoms with E-state index in [9.17, 15) is 13.2 Å². The maximum absolute atomic E-state index is 13.1. The van der Waals surface area contributed by atoms with Crippen LogP contribution in [0.25, 0.3) is 0 Å². The van der Waals surface area contributed by atoms with Crippen LogP contribution in [0.5, 0.6) is 0 Å². The lowest BCUT2D eigenvalue weighted by molar-refractivity contribution is -0.138. The van der Waals surface area contributed by atoms with Gasteiger partial charge in [0, 0.05) is 18.0 Å². The molecular formula is C16H17F3N2O. The van der Waals surface area contributed by atoms with Crippen molar-refractivity contribution in [3.8, 4) is 0 Å². The third-order valence-electron chi connectivity index (χ3n) is 4.14. The monoisotopic (exact) mass is 310 g/mol. The number of nitrogens with zero attached hydrogens (tertiary/aromatic N) is 1. The highest BCUT2D eigenvalue weighted by molar-refractivity contribution is 5.30. The maximum Gasteiger partial charge on any atom is 0.416 e. The zero-order chi connectivity index (χ0) is 15.6. The van der Waals surface area contributed by atoms with E-state index in [0.29, 0.717) is 12.0 Å². The Morgan fingerprint density at radius 2 is 2.05 bits per heavy atom. The Morgan fingerprint density at radius 3 is 2.77 bits per heavy atom. The van der Waals surface area contributed by atoms with Crippen LogP contribution in [0.4, 0.5) is 13.2 Å². The van der Waals surface area contributed by atoms with Crippen LogP contribution in [-0.4, -0.2) is 17.7 Å². The molecule has 2 aromatic rings. The van der Waals surface area contributed by atoms with E-state index in [1.54, 1.807) is 18.3 Å². The Kier molecular flexibility index (Phi) is 4.20. The number of hydrogen-bond donors (Lipinski definition) is 1. The van der Waals surface area contributed by atoms with Gasteiger partial charge in [0.05, 0.1) is 11.8 Å². The summed E-state index contributed by atoms with van der Waals surface area (Å²) in [6.07, 6.45) is -0.685. The van der Waals surface area contributed by atoms with Gasteiger partial charge in [0.1, 0.15) is 5.76 Å². The van der Waals surface area contributed by atoms with Gasteiger partial charge < -0.3 is 9.84 Å². The molecule has 0 spiro atoms. The first-order valence-corrected chi connectivity index (χ1v) is 7.33. The molecule has 3 nitrogen and oxygen atoms in total. The van der Waals surface area contributed by atoms with Gasteiger partial charge in [-0.25, -0.2) is 0 Å². The van der Waals surface area contributed by atoms with Crippen molar-refractivity contribution in [3.63, 3.8) is 0 Å². The van der Waals surface area contributed by atoms with Gasteiger partial charge in [-0.1, -0.05) is 23.4 Å². The molecule has 0 aliphatic carbocycles. The van der Waals surface area contributed by atoms with Gasteiger partial charge in [-0.3, -0.25) is 0 Å². The SMILES string of the molecule is FC(F)(F)c1ccccc1C[C@H]1C[C@H](c2ccno2)CCN1. The van der Waals surface area contributed by atoms with Crippen LogP contribution in [0.15, 0.2) is 41.1 Å². The van der Waals surface area contributed by atoms with Crippen molar-refractivity contribution in [1.82, 2.24) is 10.5 Å². The Morgan fingerprint density at radius 1 is 1.23 bits per heavy atom. The number of hydrogen-bond acceptors (Lipinski definition) is 3. The molecule has 0 saturated carbocycles. The van der Waals surface area contributed by atoms with Gasteiger partial charge in [0.2, 0.25) is 0 Å². The van der Waals surface area contributed by atoms with Gasteiger partial charge >= 0.3 is 6.18 Å².